The van der Waals surface area contributed by atoms with E-state index in [1.165, 1.54) is 14.2 Å². The third kappa shape index (κ3) is 6.60. The largest absolute Gasteiger partial charge is 0.467 e. The first kappa shape index (κ1) is 28.8. The molecule has 216 valence electrons. The zero-order chi connectivity index (χ0) is 29.1. The van der Waals surface area contributed by atoms with E-state index in [4.69, 9.17) is 16.3 Å². The number of nitrogens with zero attached hydrogens (tertiary/aromatic N) is 6. The summed E-state index contributed by atoms with van der Waals surface area (Å²) in [6.07, 6.45) is -3.58. The highest BCUT2D eigenvalue weighted by Crippen LogP contribution is 2.37. The van der Waals surface area contributed by atoms with E-state index in [0.29, 0.717) is 37.7 Å². The summed E-state index contributed by atoms with van der Waals surface area (Å²) in [6, 6.07) is 12.3. The minimum atomic E-state index is -4.30. The van der Waals surface area contributed by atoms with E-state index in [1.54, 1.807) is 4.90 Å². The number of fused-ring (bicyclic) bond motifs is 2. The molecule has 2 aliphatic rings. The third-order valence-electron chi connectivity index (χ3n) is 7.24. The first-order valence-electron chi connectivity index (χ1n) is 13.3. The van der Waals surface area contributed by atoms with Crippen molar-refractivity contribution >= 4 is 39.8 Å². The number of piperazine rings is 1. The van der Waals surface area contributed by atoms with E-state index < -0.39 is 18.6 Å². The van der Waals surface area contributed by atoms with Gasteiger partial charge in [-0.25, -0.2) is 0 Å². The van der Waals surface area contributed by atoms with Crippen molar-refractivity contribution in [1.82, 2.24) is 19.8 Å². The number of carbonyl (C=O) groups excluding carboxylic acids is 1. The van der Waals surface area contributed by atoms with E-state index in [-0.39, 0.29) is 12.6 Å². The number of halogens is 4. The van der Waals surface area contributed by atoms with E-state index in [2.05, 4.69) is 37.7 Å². The number of hydrogen-bond acceptors (Lipinski definition) is 7. The number of benzene rings is 2. The Balaban J connectivity index is 1.28. The SMILES string of the molecule is COc1nc2c(c(N3CCN(C(=O)C#CCN(C)CC(F)(F)F)CC3)n1)CCN(c1cccc3cccc(Cl)c13)C2. The summed E-state index contributed by atoms with van der Waals surface area (Å²) in [5.41, 5.74) is 2.99. The third-order valence-corrected chi connectivity index (χ3v) is 7.55. The van der Waals surface area contributed by atoms with Crippen LogP contribution in [0.1, 0.15) is 11.3 Å². The maximum absolute atomic E-state index is 12.6. The molecule has 2 aliphatic heterocycles. The topological polar surface area (TPSA) is 65.0 Å². The molecule has 12 heteroatoms. The monoisotopic (exact) mass is 586 g/mol. The van der Waals surface area contributed by atoms with Crippen molar-refractivity contribution < 1.29 is 22.7 Å². The highest BCUT2D eigenvalue weighted by atomic mass is 35.5. The van der Waals surface area contributed by atoms with Crippen LogP contribution in [0.2, 0.25) is 5.02 Å². The van der Waals surface area contributed by atoms with Crippen molar-refractivity contribution in [2.45, 2.75) is 19.1 Å². The van der Waals surface area contributed by atoms with Gasteiger partial charge in [-0.3, -0.25) is 9.69 Å². The Morgan fingerprint density at radius 2 is 1.80 bits per heavy atom. The number of carbonyl (C=O) groups is 1. The number of rotatable bonds is 5. The van der Waals surface area contributed by atoms with E-state index in [1.807, 2.05) is 30.3 Å². The number of ether oxygens (including phenoxy) is 1. The summed E-state index contributed by atoms with van der Waals surface area (Å²) >= 11 is 6.60. The summed E-state index contributed by atoms with van der Waals surface area (Å²) in [6.45, 7) is 2.04. The molecule has 0 aliphatic carbocycles. The molecule has 0 unspecified atom stereocenters. The smallest absolute Gasteiger partial charge is 0.401 e. The zero-order valence-electron chi connectivity index (χ0n) is 22.8. The summed E-state index contributed by atoms with van der Waals surface area (Å²) in [5, 5.41) is 2.79. The average molecular weight is 587 g/mol. The maximum Gasteiger partial charge on any atom is 0.401 e. The molecule has 1 saturated heterocycles. The number of amides is 1. The molecule has 1 aromatic heterocycles. The predicted octanol–water partition coefficient (Wildman–Crippen LogP) is 4.00. The highest BCUT2D eigenvalue weighted by molar-refractivity contribution is 6.36. The summed E-state index contributed by atoms with van der Waals surface area (Å²) in [4.78, 5) is 29.0. The lowest BCUT2D eigenvalue weighted by molar-refractivity contribution is -0.141. The number of hydrogen-bond donors (Lipinski definition) is 0. The minimum Gasteiger partial charge on any atom is -0.467 e. The van der Waals surface area contributed by atoms with Gasteiger partial charge in [-0.2, -0.15) is 23.1 Å². The van der Waals surface area contributed by atoms with Crippen molar-refractivity contribution in [3.8, 4) is 17.9 Å². The molecular formula is C29H30ClF3N6O2. The summed E-state index contributed by atoms with van der Waals surface area (Å²) in [7, 11) is 2.86. The molecule has 3 aromatic rings. The fourth-order valence-corrected chi connectivity index (χ4v) is 5.58. The van der Waals surface area contributed by atoms with Crippen LogP contribution >= 0.6 is 11.6 Å². The molecule has 1 amide bonds. The van der Waals surface area contributed by atoms with Crippen LogP contribution in [0.4, 0.5) is 24.7 Å². The minimum absolute atomic E-state index is 0.139. The number of aromatic nitrogens is 2. The fraction of sp³-hybridized carbons (Fsp3) is 0.414. The van der Waals surface area contributed by atoms with Crippen LogP contribution in [0.25, 0.3) is 10.8 Å². The molecule has 0 saturated carbocycles. The van der Waals surface area contributed by atoms with E-state index >= 15 is 0 Å². The standard InChI is InChI=1S/C29H30ClF3N6O2/c1-36(19-29(31,32)33)12-5-10-25(40)37-14-16-38(17-15-37)27-21-11-13-39(18-23(21)34-28(35-27)41-2)24-9-4-7-20-6-3-8-22(30)26(20)24/h3-4,6-9H,11-19H2,1-2H3. The molecule has 0 spiro atoms. The Morgan fingerprint density at radius 1 is 1.07 bits per heavy atom. The van der Waals surface area contributed by atoms with Gasteiger partial charge in [-0.15, -0.1) is 0 Å². The quantitative estimate of drug-likeness (QED) is 0.419. The molecule has 2 aromatic carbocycles. The first-order chi connectivity index (χ1) is 19.6. The fourth-order valence-electron chi connectivity index (χ4n) is 5.30. The maximum atomic E-state index is 12.6. The van der Waals surface area contributed by atoms with Crippen LogP contribution in [0.5, 0.6) is 6.01 Å². The van der Waals surface area contributed by atoms with Crippen LogP contribution in [0, 0.1) is 11.8 Å². The van der Waals surface area contributed by atoms with Gasteiger partial charge in [0, 0.05) is 49.4 Å². The highest BCUT2D eigenvalue weighted by Gasteiger charge is 2.30. The van der Waals surface area contributed by atoms with Crippen molar-refractivity contribution in [2.75, 3.05) is 69.8 Å². The number of alkyl halides is 3. The van der Waals surface area contributed by atoms with Gasteiger partial charge >= 0.3 is 12.2 Å². The Morgan fingerprint density at radius 3 is 2.51 bits per heavy atom. The van der Waals surface area contributed by atoms with Gasteiger partial charge in [0.2, 0.25) is 0 Å². The molecule has 0 atom stereocenters. The average Bonchev–Trinajstić information content (AvgIpc) is 2.95. The van der Waals surface area contributed by atoms with Gasteiger partial charge in [-0.05, 0) is 36.9 Å². The summed E-state index contributed by atoms with van der Waals surface area (Å²) in [5.74, 6) is 5.44. The molecule has 3 heterocycles. The Labute approximate surface area is 241 Å². The number of methoxy groups -OCH3 is 1. The van der Waals surface area contributed by atoms with Crippen molar-refractivity contribution in [2.24, 2.45) is 0 Å². The van der Waals surface area contributed by atoms with Gasteiger partial charge in [-0.1, -0.05) is 41.8 Å². The molecule has 8 nitrogen and oxygen atoms in total. The van der Waals surface area contributed by atoms with Crippen molar-refractivity contribution in [1.29, 1.82) is 0 Å². The van der Waals surface area contributed by atoms with Gasteiger partial charge < -0.3 is 19.4 Å². The molecular weight excluding hydrogens is 557 g/mol. The number of anilines is 2. The van der Waals surface area contributed by atoms with E-state index in [9.17, 15) is 18.0 Å². The lowest BCUT2D eigenvalue weighted by Gasteiger charge is -2.37. The van der Waals surface area contributed by atoms with Crippen molar-refractivity contribution in [3.05, 3.63) is 52.7 Å². The lowest BCUT2D eigenvalue weighted by Crippen LogP contribution is -2.49. The lowest BCUT2D eigenvalue weighted by atomic mass is 10.0. The van der Waals surface area contributed by atoms with Gasteiger partial charge in [0.05, 0.1) is 37.5 Å². The molecule has 0 N–H and O–H groups in total. The Bertz CT molecular complexity index is 1490. The molecule has 0 bridgehead atoms. The Hall–Kier alpha value is -3.75. The van der Waals surface area contributed by atoms with Crippen LogP contribution in [0.3, 0.4) is 0 Å². The molecule has 1 fully saturated rings. The summed E-state index contributed by atoms with van der Waals surface area (Å²) < 4.78 is 42.9. The van der Waals surface area contributed by atoms with Crippen LogP contribution in [-0.4, -0.2) is 91.8 Å². The van der Waals surface area contributed by atoms with Crippen LogP contribution in [-0.2, 0) is 17.8 Å². The van der Waals surface area contributed by atoms with E-state index in [0.717, 1.165) is 51.4 Å². The molecule has 5 rings (SSSR count). The second-order valence-corrected chi connectivity index (χ2v) is 10.5. The second kappa shape index (κ2) is 12.0. The normalized spacial score (nSPS) is 15.5. The van der Waals surface area contributed by atoms with Gasteiger partial charge in [0.15, 0.2) is 0 Å². The second-order valence-electron chi connectivity index (χ2n) is 10.1. The molecule has 0 radical (unpaired) electrons. The molecule has 41 heavy (non-hydrogen) atoms. The van der Waals surface area contributed by atoms with Crippen molar-refractivity contribution in [3.63, 3.8) is 0 Å². The van der Waals surface area contributed by atoms with Crippen LogP contribution < -0.4 is 14.5 Å². The van der Waals surface area contributed by atoms with Gasteiger partial charge in [0.25, 0.3) is 5.91 Å². The van der Waals surface area contributed by atoms with Crippen LogP contribution in [0.15, 0.2) is 36.4 Å². The van der Waals surface area contributed by atoms with Gasteiger partial charge in [0.1, 0.15) is 5.82 Å². The Kier molecular flexibility index (Phi) is 8.42. The predicted molar refractivity (Wildman–Crippen MR) is 152 cm³/mol. The zero-order valence-corrected chi connectivity index (χ0v) is 23.6. The first-order valence-corrected chi connectivity index (χ1v) is 13.6.